The number of hydrogen-bond acceptors (Lipinski definition) is 3. The molecule has 5 heteroatoms. The fourth-order valence-electron chi connectivity index (χ4n) is 1.40. The van der Waals surface area contributed by atoms with E-state index in [2.05, 4.69) is 4.98 Å². The number of carbonyl (C=O) groups is 1. The number of aromatic carboxylic acids is 1. The van der Waals surface area contributed by atoms with Crippen LogP contribution in [0.4, 0.5) is 0 Å². The molecule has 0 bridgehead atoms. The molecule has 0 atom stereocenters. The molecule has 0 aliphatic carbocycles. The molecule has 0 fully saturated rings. The lowest BCUT2D eigenvalue weighted by Crippen LogP contribution is -2.04. The molecular formula is C10H10N2O2S. The molecule has 0 saturated carbocycles. The Morgan fingerprint density at radius 3 is 3.07 bits per heavy atom. The van der Waals surface area contributed by atoms with E-state index in [-0.39, 0.29) is 0 Å². The van der Waals surface area contributed by atoms with Crippen LogP contribution in [-0.4, -0.2) is 20.6 Å². The minimum absolute atomic E-state index is 0.406. The number of thiophene rings is 1. The van der Waals surface area contributed by atoms with Crippen LogP contribution >= 0.6 is 11.3 Å². The van der Waals surface area contributed by atoms with Crippen LogP contribution < -0.4 is 0 Å². The summed E-state index contributed by atoms with van der Waals surface area (Å²) in [6, 6.07) is 1.84. The predicted molar refractivity (Wildman–Crippen MR) is 57.3 cm³/mol. The Morgan fingerprint density at radius 1 is 1.67 bits per heavy atom. The van der Waals surface area contributed by atoms with Crippen LogP contribution in [0, 0.1) is 6.92 Å². The molecular weight excluding hydrogens is 212 g/mol. The molecule has 1 N–H and O–H groups in total. The summed E-state index contributed by atoms with van der Waals surface area (Å²) in [6.07, 6.45) is 3.56. The summed E-state index contributed by atoms with van der Waals surface area (Å²) in [5.74, 6) is 0.0234. The lowest BCUT2D eigenvalue weighted by Gasteiger charge is -2.03. The summed E-state index contributed by atoms with van der Waals surface area (Å²) >= 11 is 1.25. The third kappa shape index (κ3) is 1.92. The van der Waals surface area contributed by atoms with Crippen LogP contribution in [0.2, 0.25) is 0 Å². The van der Waals surface area contributed by atoms with E-state index in [0.29, 0.717) is 11.4 Å². The van der Waals surface area contributed by atoms with E-state index in [0.717, 1.165) is 11.4 Å². The van der Waals surface area contributed by atoms with Crippen molar-refractivity contribution in [3.05, 3.63) is 40.1 Å². The van der Waals surface area contributed by atoms with E-state index in [1.165, 1.54) is 11.3 Å². The first kappa shape index (κ1) is 9.92. The first-order valence-electron chi connectivity index (χ1n) is 4.46. The summed E-state index contributed by atoms with van der Waals surface area (Å²) in [4.78, 5) is 15.4. The van der Waals surface area contributed by atoms with Crippen molar-refractivity contribution in [1.29, 1.82) is 0 Å². The van der Waals surface area contributed by atoms with Gasteiger partial charge in [-0.3, -0.25) is 0 Å². The Bertz CT molecular complexity index is 487. The minimum atomic E-state index is -0.863. The number of hydrogen-bond donors (Lipinski definition) is 1. The molecule has 78 valence electrons. The van der Waals surface area contributed by atoms with Crippen molar-refractivity contribution >= 4 is 17.3 Å². The maximum Gasteiger partial charge on any atom is 0.346 e. The fourth-order valence-corrected chi connectivity index (χ4v) is 2.16. The standard InChI is InChI=1S/C10H10N2O2S/c1-7-11-3-4-12(7)6-8-2-5-15-9(8)10(13)14/h2-5H,6H2,1H3,(H,13,14). The van der Waals surface area contributed by atoms with Crippen LogP contribution in [0.1, 0.15) is 21.1 Å². The Kier molecular flexibility index (Phi) is 2.55. The number of aryl methyl sites for hydroxylation is 1. The molecule has 4 nitrogen and oxygen atoms in total. The van der Waals surface area contributed by atoms with Crippen LogP contribution in [0.3, 0.4) is 0 Å². The van der Waals surface area contributed by atoms with E-state index in [1.54, 1.807) is 11.6 Å². The summed E-state index contributed by atoms with van der Waals surface area (Å²) in [5.41, 5.74) is 0.827. The molecule has 0 unspecified atom stereocenters. The molecule has 0 saturated heterocycles. The summed E-state index contributed by atoms with van der Waals surface area (Å²) in [6.45, 7) is 2.46. The van der Waals surface area contributed by atoms with E-state index in [1.807, 2.05) is 23.8 Å². The number of rotatable bonds is 3. The van der Waals surface area contributed by atoms with Crippen LogP contribution in [0.15, 0.2) is 23.8 Å². The third-order valence-electron chi connectivity index (χ3n) is 2.21. The molecule has 0 radical (unpaired) electrons. The molecule has 2 aromatic heterocycles. The average molecular weight is 222 g/mol. The quantitative estimate of drug-likeness (QED) is 0.864. The van der Waals surface area contributed by atoms with Gasteiger partial charge in [0, 0.05) is 12.4 Å². The Labute approximate surface area is 90.8 Å². The van der Waals surface area contributed by atoms with Crippen LogP contribution in [0.25, 0.3) is 0 Å². The highest BCUT2D eigenvalue weighted by Gasteiger charge is 2.12. The zero-order valence-electron chi connectivity index (χ0n) is 8.17. The second-order valence-electron chi connectivity index (χ2n) is 3.18. The van der Waals surface area contributed by atoms with Gasteiger partial charge in [-0.15, -0.1) is 11.3 Å². The highest BCUT2D eigenvalue weighted by Crippen LogP contribution is 2.18. The van der Waals surface area contributed by atoms with Crippen molar-refractivity contribution in [3.8, 4) is 0 Å². The smallest absolute Gasteiger partial charge is 0.346 e. The second kappa shape index (κ2) is 3.86. The van der Waals surface area contributed by atoms with Crippen molar-refractivity contribution in [1.82, 2.24) is 9.55 Å². The maximum absolute atomic E-state index is 10.9. The van der Waals surface area contributed by atoms with Gasteiger partial charge in [-0.1, -0.05) is 0 Å². The van der Waals surface area contributed by atoms with Crippen molar-refractivity contribution in [2.75, 3.05) is 0 Å². The maximum atomic E-state index is 10.9. The molecule has 0 amide bonds. The third-order valence-corrected chi connectivity index (χ3v) is 3.15. The van der Waals surface area contributed by atoms with Gasteiger partial charge in [-0.2, -0.15) is 0 Å². The lowest BCUT2D eigenvalue weighted by atomic mass is 10.2. The molecule has 0 spiro atoms. The van der Waals surface area contributed by atoms with Crippen molar-refractivity contribution in [2.45, 2.75) is 13.5 Å². The average Bonchev–Trinajstić information content (AvgIpc) is 2.77. The topological polar surface area (TPSA) is 55.1 Å². The SMILES string of the molecule is Cc1nccn1Cc1ccsc1C(=O)O. The van der Waals surface area contributed by atoms with Gasteiger partial charge in [0.2, 0.25) is 0 Å². The van der Waals surface area contributed by atoms with Crippen LogP contribution in [-0.2, 0) is 6.54 Å². The van der Waals surface area contributed by atoms with E-state index in [4.69, 9.17) is 5.11 Å². The first-order chi connectivity index (χ1) is 7.18. The number of aromatic nitrogens is 2. The Hall–Kier alpha value is -1.62. The Morgan fingerprint density at radius 2 is 2.47 bits per heavy atom. The van der Waals surface area contributed by atoms with Crippen LogP contribution in [0.5, 0.6) is 0 Å². The molecule has 15 heavy (non-hydrogen) atoms. The summed E-state index contributed by atoms with van der Waals surface area (Å²) in [5, 5.41) is 10.7. The number of imidazole rings is 1. The van der Waals surface area contributed by atoms with Gasteiger partial charge in [0.1, 0.15) is 10.7 Å². The number of nitrogens with zero attached hydrogens (tertiary/aromatic N) is 2. The number of carboxylic acid groups (broad SMARTS) is 1. The largest absolute Gasteiger partial charge is 0.477 e. The van der Waals surface area contributed by atoms with E-state index < -0.39 is 5.97 Å². The monoisotopic (exact) mass is 222 g/mol. The molecule has 2 rings (SSSR count). The van der Waals surface area contributed by atoms with Gasteiger partial charge in [0.25, 0.3) is 0 Å². The summed E-state index contributed by atoms with van der Waals surface area (Å²) < 4.78 is 1.93. The van der Waals surface area contributed by atoms with E-state index in [9.17, 15) is 4.79 Å². The van der Waals surface area contributed by atoms with Gasteiger partial charge in [-0.25, -0.2) is 9.78 Å². The number of carboxylic acids is 1. The molecule has 0 aliphatic heterocycles. The molecule has 0 aromatic carbocycles. The predicted octanol–water partition coefficient (Wildman–Crippen LogP) is 2.00. The highest BCUT2D eigenvalue weighted by molar-refractivity contribution is 7.12. The van der Waals surface area contributed by atoms with Crippen molar-refractivity contribution in [2.24, 2.45) is 0 Å². The normalized spacial score (nSPS) is 10.5. The minimum Gasteiger partial charge on any atom is -0.477 e. The second-order valence-corrected chi connectivity index (χ2v) is 4.10. The van der Waals surface area contributed by atoms with Gasteiger partial charge in [0.15, 0.2) is 0 Å². The lowest BCUT2D eigenvalue weighted by molar-refractivity contribution is 0.0701. The van der Waals surface area contributed by atoms with Gasteiger partial charge < -0.3 is 9.67 Å². The fraction of sp³-hybridized carbons (Fsp3) is 0.200. The van der Waals surface area contributed by atoms with Gasteiger partial charge >= 0.3 is 5.97 Å². The van der Waals surface area contributed by atoms with E-state index >= 15 is 0 Å². The van der Waals surface area contributed by atoms with Crippen molar-refractivity contribution < 1.29 is 9.90 Å². The highest BCUT2D eigenvalue weighted by atomic mass is 32.1. The molecule has 2 aromatic rings. The molecule has 2 heterocycles. The molecule has 0 aliphatic rings. The van der Waals surface area contributed by atoms with Gasteiger partial charge in [-0.05, 0) is 23.9 Å². The van der Waals surface area contributed by atoms with Gasteiger partial charge in [0.05, 0.1) is 6.54 Å². The zero-order chi connectivity index (χ0) is 10.8. The zero-order valence-corrected chi connectivity index (χ0v) is 8.99. The van der Waals surface area contributed by atoms with Crippen molar-refractivity contribution in [3.63, 3.8) is 0 Å². The first-order valence-corrected chi connectivity index (χ1v) is 5.34. The Balaban J connectivity index is 2.28. The summed E-state index contributed by atoms with van der Waals surface area (Å²) in [7, 11) is 0.